The number of carbonyl (C=O) groups is 1. The first-order valence-electron chi connectivity index (χ1n) is 8.66. The number of amides is 1. The molecule has 0 aliphatic carbocycles. The Kier molecular flexibility index (Phi) is 5.04. The van der Waals surface area contributed by atoms with Crippen LogP contribution in [0.3, 0.4) is 0 Å². The van der Waals surface area contributed by atoms with Crippen LogP contribution in [0.25, 0.3) is 0 Å². The van der Waals surface area contributed by atoms with Gasteiger partial charge in [0.25, 0.3) is 0 Å². The molecule has 1 atom stereocenters. The highest BCUT2D eigenvalue weighted by molar-refractivity contribution is 5.92. The lowest BCUT2D eigenvalue weighted by Gasteiger charge is -2.31. The Bertz CT molecular complexity index is 708. The maximum absolute atomic E-state index is 12.5. The van der Waals surface area contributed by atoms with E-state index in [-0.39, 0.29) is 17.4 Å². The van der Waals surface area contributed by atoms with Crippen molar-refractivity contribution < 1.29 is 9.53 Å². The predicted molar refractivity (Wildman–Crippen MR) is 98.8 cm³/mol. The highest BCUT2D eigenvalue weighted by atomic mass is 16.5. The first-order valence-corrected chi connectivity index (χ1v) is 8.66. The molecule has 0 saturated carbocycles. The minimum Gasteiger partial charge on any atom is -0.456 e. The summed E-state index contributed by atoms with van der Waals surface area (Å²) in [6, 6.07) is 11.1. The van der Waals surface area contributed by atoms with Crippen molar-refractivity contribution in [3.05, 3.63) is 48.8 Å². The summed E-state index contributed by atoms with van der Waals surface area (Å²) >= 11 is 0. The number of aromatic nitrogens is 1. The van der Waals surface area contributed by atoms with Gasteiger partial charge in [-0.25, -0.2) is 0 Å². The second kappa shape index (κ2) is 7.23. The molecule has 1 aliphatic heterocycles. The van der Waals surface area contributed by atoms with E-state index < -0.39 is 0 Å². The summed E-state index contributed by atoms with van der Waals surface area (Å²) in [6.45, 7) is 8.35. The summed E-state index contributed by atoms with van der Waals surface area (Å²) in [7, 11) is 0. The maximum atomic E-state index is 12.5. The summed E-state index contributed by atoms with van der Waals surface area (Å²) in [4.78, 5) is 18.9. The molecule has 1 fully saturated rings. The number of rotatable bonds is 4. The van der Waals surface area contributed by atoms with E-state index >= 15 is 0 Å². The lowest BCUT2D eigenvalue weighted by atomic mass is 10.1. The summed E-state index contributed by atoms with van der Waals surface area (Å²) in [5, 5.41) is 3.01. The van der Waals surface area contributed by atoms with Gasteiger partial charge in [0.05, 0.1) is 12.1 Å². The molecule has 5 nitrogen and oxygen atoms in total. The van der Waals surface area contributed by atoms with Crippen LogP contribution in [0, 0.1) is 5.92 Å². The van der Waals surface area contributed by atoms with Crippen molar-refractivity contribution in [3.8, 4) is 11.5 Å². The average Bonchev–Trinajstić information content (AvgIpc) is 3.08. The van der Waals surface area contributed by atoms with Crippen molar-refractivity contribution in [2.75, 3.05) is 18.4 Å². The first-order chi connectivity index (χ1) is 11.9. The van der Waals surface area contributed by atoms with E-state index in [4.69, 9.17) is 4.74 Å². The van der Waals surface area contributed by atoms with Gasteiger partial charge in [-0.05, 0) is 70.1 Å². The average molecular weight is 339 g/mol. The molecule has 1 unspecified atom stereocenters. The molecule has 25 heavy (non-hydrogen) atoms. The second-order valence-corrected chi connectivity index (χ2v) is 7.41. The van der Waals surface area contributed by atoms with E-state index in [1.54, 1.807) is 12.4 Å². The van der Waals surface area contributed by atoms with Crippen LogP contribution in [0.4, 0.5) is 5.69 Å². The van der Waals surface area contributed by atoms with E-state index in [1.807, 2.05) is 36.4 Å². The van der Waals surface area contributed by atoms with Crippen LogP contribution in [-0.4, -0.2) is 34.4 Å². The van der Waals surface area contributed by atoms with Gasteiger partial charge < -0.3 is 10.1 Å². The SMILES string of the molecule is CC(C)(C)N1CCC(C(=O)Nc2ccc(Oc3cccnc3)cc2)C1. The topological polar surface area (TPSA) is 54.5 Å². The van der Waals surface area contributed by atoms with Gasteiger partial charge >= 0.3 is 0 Å². The zero-order valence-electron chi connectivity index (χ0n) is 15.0. The Balaban J connectivity index is 1.56. The van der Waals surface area contributed by atoms with E-state index in [9.17, 15) is 4.79 Å². The lowest BCUT2D eigenvalue weighted by Crippen LogP contribution is -2.40. The quantitative estimate of drug-likeness (QED) is 0.917. The second-order valence-electron chi connectivity index (χ2n) is 7.41. The summed E-state index contributed by atoms with van der Waals surface area (Å²) in [5.74, 6) is 1.54. The summed E-state index contributed by atoms with van der Waals surface area (Å²) < 4.78 is 5.71. The van der Waals surface area contributed by atoms with E-state index in [1.165, 1.54) is 0 Å². The van der Waals surface area contributed by atoms with Crippen LogP contribution in [0.5, 0.6) is 11.5 Å². The van der Waals surface area contributed by atoms with Gasteiger partial charge in [-0.15, -0.1) is 0 Å². The minimum absolute atomic E-state index is 0.0468. The number of nitrogens with one attached hydrogen (secondary N) is 1. The number of likely N-dealkylation sites (tertiary alicyclic amines) is 1. The van der Waals surface area contributed by atoms with Crippen LogP contribution in [0.1, 0.15) is 27.2 Å². The zero-order valence-corrected chi connectivity index (χ0v) is 15.0. The van der Waals surface area contributed by atoms with Crippen molar-refractivity contribution >= 4 is 11.6 Å². The molecule has 1 aromatic carbocycles. The molecular weight excluding hydrogens is 314 g/mol. The first kappa shape index (κ1) is 17.4. The van der Waals surface area contributed by atoms with Gasteiger partial charge in [-0.1, -0.05) is 0 Å². The predicted octanol–water partition coefficient (Wildman–Crippen LogP) is 3.93. The van der Waals surface area contributed by atoms with Gasteiger partial charge in [-0.3, -0.25) is 14.7 Å². The van der Waals surface area contributed by atoms with Gasteiger partial charge in [0.2, 0.25) is 5.91 Å². The van der Waals surface area contributed by atoms with E-state index in [0.29, 0.717) is 11.5 Å². The van der Waals surface area contributed by atoms with Crippen LogP contribution in [-0.2, 0) is 4.79 Å². The molecule has 1 N–H and O–H groups in total. The number of hydrogen-bond acceptors (Lipinski definition) is 4. The van der Waals surface area contributed by atoms with Crippen LogP contribution < -0.4 is 10.1 Å². The van der Waals surface area contributed by atoms with E-state index in [2.05, 4.69) is 36.0 Å². The Morgan fingerprint density at radius 1 is 1.20 bits per heavy atom. The van der Waals surface area contributed by atoms with E-state index in [0.717, 1.165) is 25.2 Å². The molecule has 1 saturated heterocycles. The third-order valence-corrected chi connectivity index (χ3v) is 4.50. The Morgan fingerprint density at radius 3 is 2.56 bits per heavy atom. The summed E-state index contributed by atoms with van der Waals surface area (Å²) in [6.07, 6.45) is 4.28. The fourth-order valence-corrected chi connectivity index (χ4v) is 2.98. The molecule has 0 bridgehead atoms. The van der Waals surface area contributed by atoms with Gasteiger partial charge in [0.15, 0.2) is 0 Å². The van der Waals surface area contributed by atoms with Crippen molar-refractivity contribution in [1.82, 2.24) is 9.88 Å². The fraction of sp³-hybridized carbons (Fsp3) is 0.400. The molecule has 2 heterocycles. The molecule has 5 heteroatoms. The number of ether oxygens (including phenoxy) is 1. The zero-order chi connectivity index (χ0) is 17.9. The number of hydrogen-bond donors (Lipinski definition) is 1. The Labute approximate surface area is 149 Å². The van der Waals surface area contributed by atoms with Gasteiger partial charge in [0.1, 0.15) is 11.5 Å². The standard InChI is InChI=1S/C20H25N3O2/c1-20(2,3)23-12-10-15(14-23)19(24)22-16-6-8-17(9-7-16)25-18-5-4-11-21-13-18/h4-9,11,13,15H,10,12,14H2,1-3H3,(H,22,24). The molecular formula is C20H25N3O2. The normalized spacial score (nSPS) is 18.1. The molecule has 1 aliphatic rings. The van der Waals surface area contributed by atoms with Gasteiger partial charge in [0, 0.05) is 24.0 Å². The van der Waals surface area contributed by atoms with Gasteiger partial charge in [-0.2, -0.15) is 0 Å². The van der Waals surface area contributed by atoms with Crippen LogP contribution in [0.2, 0.25) is 0 Å². The monoisotopic (exact) mass is 339 g/mol. The number of pyridine rings is 1. The number of carbonyl (C=O) groups excluding carboxylic acids is 1. The van der Waals surface area contributed by atoms with Crippen molar-refractivity contribution in [3.63, 3.8) is 0 Å². The number of benzene rings is 1. The highest BCUT2D eigenvalue weighted by Gasteiger charge is 2.33. The molecule has 0 radical (unpaired) electrons. The Hall–Kier alpha value is -2.40. The van der Waals surface area contributed by atoms with Crippen molar-refractivity contribution in [2.24, 2.45) is 5.92 Å². The molecule has 3 rings (SSSR count). The largest absolute Gasteiger partial charge is 0.456 e. The number of nitrogens with zero attached hydrogens (tertiary/aromatic N) is 2. The number of anilines is 1. The smallest absolute Gasteiger partial charge is 0.228 e. The minimum atomic E-state index is 0.0468. The Morgan fingerprint density at radius 2 is 1.96 bits per heavy atom. The molecule has 2 aromatic rings. The molecule has 1 aromatic heterocycles. The molecule has 0 spiro atoms. The fourth-order valence-electron chi connectivity index (χ4n) is 2.98. The molecule has 132 valence electrons. The molecule has 1 amide bonds. The third-order valence-electron chi connectivity index (χ3n) is 4.50. The third kappa shape index (κ3) is 4.57. The van der Waals surface area contributed by atoms with Crippen LogP contribution >= 0.6 is 0 Å². The van der Waals surface area contributed by atoms with Crippen molar-refractivity contribution in [2.45, 2.75) is 32.7 Å². The van der Waals surface area contributed by atoms with Crippen LogP contribution in [0.15, 0.2) is 48.8 Å². The summed E-state index contributed by atoms with van der Waals surface area (Å²) in [5.41, 5.74) is 0.901. The maximum Gasteiger partial charge on any atom is 0.228 e. The lowest BCUT2D eigenvalue weighted by molar-refractivity contribution is -0.119. The van der Waals surface area contributed by atoms with Crippen molar-refractivity contribution in [1.29, 1.82) is 0 Å². The highest BCUT2D eigenvalue weighted by Crippen LogP contribution is 2.26.